The number of rotatable bonds is 5. The normalized spacial score (nSPS) is 11.6. The number of para-hydroxylation sites is 1. The van der Waals surface area contributed by atoms with Gasteiger partial charge in [0, 0.05) is 29.9 Å². The van der Waals surface area contributed by atoms with Gasteiger partial charge in [-0.2, -0.15) is 0 Å². The zero-order valence-corrected chi connectivity index (χ0v) is 13.6. The van der Waals surface area contributed by atoms with E-state index in [2.05, 4.69) is 66.1 Å². The van der Waals surface area contributed by atoms with Gasteiger partial charge in [-0.1, -0.05) is 32.0 Å². The number of fused-ring (bicyclic) bond motifs is 1. The van der Waals surface area contributed by atoms with Gasteiger partial charge in [0.05, 0.1) is 17.1 Å². The molecular weight excluding hydrogens is 278 g/mol. The summed E-state index contributed by atoms with van der Waals surface area (Å²) in [6.45, 7) is 8.22. The Labute approximate surface area is 129 Å². The number of benzene rings is 1. The van der Waals surface area contributed by atoms with Crippen molar-refractivity contribution in [3.8, 4) is 0 Å². The monoisotopic (exact) mass is 299 g/mol. The van der Waals surface area contributed by atoms with Crippen molar-refractivity contribution in [1.82, 2.24) is 14.9 Å². The van der Waals surface area contributed by atoms with Gasteiger partial charge in [-0.25, -0.2) is 4.98 Å². The van der Waals surface area contributed by atoms with Gasteiger partial charge >= 0.3 is 0 Å². The second-order valence-corrected chi connectivity index (χ2v) is 7.00. The number of hydrogen-bond donors (Lipinski definition) is 1. The third-order valence-electron chi connectivity index (χ3n) is 3.57. The summed E-state index contributed by atoms with van der Waals surface area (Å²) in [7, 11) is 0. The van der Waals surface area contributed by atoms with Crippen LogP contribution in [0.4, 0.5) is 0 Å². The molecule has 2 heterocycles. The van der Waals surface area contributed by atoms with Crippen molar-refractivity contribution < 1.29 is 0 Å². The van der Waals surface area contributed by atoms with Crippen molar-refractivity contribution in [2.75, 3.05) is 0 Å². The average Bonchev–Trinajstić information content (AvgIpc) is 3.04. The molecule has 3 nitrogen and oxygen atoms in total. The lowest BCUT2D eigenvalue weighted by atomic mass is 10.1. The van der Waals surface area contributed by atoms with E-state index in [0.29, 0.717) is 6.04 Å². The molecule has 3 rings (SSSR count). The van der Waals surface area contributed by atoms with Crippen LogP contribution in [-0.4, -0.2) is 15.6 Å². The van der Waals surface area contributed by atoms with Crippen molar-refractivity contribution in [2.24, 2.45) is 0 Å². The molecule has 110 valence electrons. The third-order valence-corrected chi connectivity index (χ3v) is 4.47. The van der Waals surface area contributed by atoms with Crippen LogP contribution in [0, 0.1) is 6.92 Å². The van der Waals surface area contributed by atoms with Crippen molar-refractivity contribution in [3.05, 3.63) is 52.1 Å². The van der Waals surface area contributed by atoms with Gasteiger partial charge in [-0.3, -0.25) is 0 Å². The topological polar surface area (TPSA) is 29.9 Å². The molecular formula is C17H21N3S. The Bertz CT molecular complexity index is 739. The second-order valence-electron chi connectivity index (χ2n) is 5.68. The Kier molecular flexibility index (Phi) is 4.08. The van der Waals surface area contributed by atoms with Gasteiger partial charge in [0.2, 0.25) is 0 Å². The van der Waals surface area contributed by atoms with Gasteiger partial charge in [-0.15, -0.1) is 11.3 Å². The summed E-state index contributed by atoms with van der Waals surface area (Å²) in [5.41, 5.74) is 2.68. The molecule has 0 radical (unpaired) electrons. The van der Waals surface area contributed by atoms with E-state index in [1.54, 1.807) is 11.3 Å². The number of hydrogen-bond acceptors (Lipinski definition) is 3. The highest BCUT2D eigenvalue weighted by molar-refractivity contribution is 7.11. The van der Waals surface area contributed by atoms with Crippen LogP contribution in [0.5, 0.6) is 0 Å². The molecule has 0 aliphatic rings. The number of aromatic nitrogens is 2. The van der Waals surface area contributed by atoms with Gasteiger partial charge in [-0.05, 0) is 23.9 Å². The molecule has 0 fully saturated rings. The van der Waals surface area contributed by atoms with Gasteiger partial charge in [0.1, 0.15) is 0 Å². The smallest absolute Gasteiger partial charge is 0.0897 e. The minimum atomic E-state index is 0.493. The van der Waals surface area contributed by atoms with Crippen LogP contribution in [0.2, 0.25) is 0 Å². The fourth-order valence-corrected chi connectivity index (χ4v) is 3.37. The molecule has 0 saturated carbocycles. The molecule has 1 N–H and O–H groups in total. The highest BCUT2D eigenvalue weighted by Crippen LogP contribution is 2.23. The van der Waals surface area contributed by atoms with Crippen molar-refractivity contribution in [1.29, 1.82) is 0 Å². The number of nitrogens with one attached hydrogen (secondary N) is 1. The molecule has 4 heteroatoms. The minimum absolute atomic E-state index is 0.493. The van der Waals surface area contributed by atoms with Crippen LogP contribution >= 0.6 is 11.3 Å². The Morgan fingerprint density at radius 2 is 2.14 bits per heavy atom. The summed E-state index contributed by atoms with van der Waals surface area (Å²) < 4.78 is 2.33. The second kappa shape index (κ2) is 6.00. The van der Waals surface area contributed by atoms with E-state index < -0.39 is 0 Å². The molecule has 0 unspecified atom stereocenters. The third kappa shape index (κ3) is 3.17. The van der Waals surface area contributed by atoms with E-state index in [1.807, 2.05) is 6.20 Å². The first-order chi connectivity index (χ1) is 10.1. The van der Waals surface area contributed by atoms with Gasteiger partial charge < -0.3 is 9.88 Å². The molecule has 0 spiro atoms. The summed E-state index contributed by atoms with van der Waals surface area (Å²) in [5, 5.41) is 5.95. The largest absolute Gasteiger partial charge is 0.342 e. The summed E-state index contributed by atoms with van der Waals surface area (Å²) in [6, 6.07) is 9.23. The first-order valence-electron chi connectivity index (χ1n) is 7.35. The predicted octanol–water partition coefficient (Wildman–Crippen LogP) is 3.95. The molecule has 0 amide bonds. The van der Waals surface area contributed by atoms with Crippen LogP contribution in [0.3, 0.4) is 0 Å². The molecule has 1 aromatic carbocycles. The average molecular weight is 299 g/mol. The highest BCUT2D eigenvalue weighted by Gasteiger charge is 2.08. The van der Waals surface area contributed by atoms with Crippen LogP contribution in [0.1, 0.15) is 29.3 Å². The maximum Gasteiger partial charge on any atom is 0.0897 e. The van der Waals surface area contributed by atoms with E-state index in [1.165, 1.54) is 21.3 Å². The van der Waals surface area contributed by atoms with Crippen LogP contribution in [0.15, 0.2) is 36.7 Å². The van der Waals surface area contributed by atoms with Crippen molar-refractivity contribution >= 4 is 22.2 Å². The predicted molar refractivity (Wildman–Crippen MR) is 89.9 cm³/mol. The van der Waals surface area contributed by atoms with E-state index >= 15 is 0 Å². The lowest BCUT2D eigenvalue weighted by Crippen LogP contribution is -2.22. The number of aryl methyl sites for hydroxylation is 1. The number of nitrogens with zero attached hydrogens (tertiary/aromatic N) is 2. The Morgan fingerprint density at radius 3 is 2.86 bits per heavy atom. The van der Waals surface area contributed by atoms with Gasteiger partial charge in [0.25, 0.3) is 0 Å². The molecule has 0 atom stereocenters. The standard InChI is InChI=1S/C17H21N3S/c1-12(2)18-9-15-6-4-5-14-7-8-20(17(14)15)11-16-10-19-13(3)21-16/h4-8,10,12,18H,9,11H2,1-3H3. The summed E-state index contributed by atoms with van der Waals surface area (Å²) in [4.78, 5) is 5.65. The molecule has 0 saturated heterocycles. The summed E-state index contributed by atoms with van der Waals surface area (Å²) in [6.07, 6.45) is 4.17. The molecule has 0 aliphatic heterocycles. The summed E-state index contributed by atoms with van der Waals surface area (Å²) >= 11 is 1.77. The Balaban J connectivity index is 1.95. The minimum Gasteiger partial charge on any atom is -0.342 e. The van der Waals surface area contributed by atoms with Crippen LogP contribution < -0.4 is 5.32 Å². The van der Waals surface area contributed by atoms with Crippen molar-refractivity contribution in [2.45, 2.75) is 39.9 Å². The lowest BCUT2D eigenvalue weighted by Gasteiger charge is -2.12. The van der Waals surface area contributed by atoms with Crippen molar-refractivity contribution in [3.63, 3.8) is 0 Å². The zero-order valence-electron chi connectivity index (χ0n) is 12.8. The lowest BCUT2D eigenvalue weighted by molar-refractivity contribution is 0.589. The quantitative estimate of drug-likeness (QED) is 0.773. The van der Waals surface area contributed by atoms with E-state index in [-0.39, 0.29) is 0 Å². The molecule has 0 aliphatic carbocycles. The first kappa shape index (κ1) is 14.3. The molecule has 21 heavy (non-hydrogen) atoms. The Morgan fingerprint density at radius 1 is 1.29 bits per heavy atom. The fraction of sp³-hybridized carbons (Fsp3) is 0.353. The maximum absolute atomic E-state index is 4.35. The number of thiazole rings is 1. The van der Waals surface area contributed by atoms with E-state index in [4.69, 9.17) is 0 Å². The fourth-order valence-electron chi connectivity index (χ4n) is 2.58. The SMILES string of the molecule is Cc1ncc(Cn2ccc3cccc(CNC(C)C)c32)s1. The van der Waals surface area contributed by atoms with E-state index in [0.717, 1.165) is 18.1 Å². The first-order valence-corrected chi connectivity index (χ1v) is 8.16. The summed E-state index contributed by atoms with van der Waals surface area (Å²) in [5.74, 6) is 0. The maximum atomic E-state index is 4.35. The molecule has 2 aromatic heterocycles. The van der Waals surface area contributed by atoms with Crippen LogP contribution in [0.25, 0.3) is 10.9 Å². The molecule has 3 aromatic rings. The zero-order chi connectivity index (χ0) is 14.8. The highest BCUT2D eigenvalue weighted by atomic mass is 32.1. The van der Waals surface area contributed by atoms with Crippen LogP contribution in [-0.2, 0) is 13.1 Å². The molecule has 0 bridgehead atoms. The Hall–Kier alpha value is -1.65. The van der Waals surface area contributed by atoms with Gasteiger partial charge in [0.15, 0.2) is 0 Å². The van der Waals surface area contributed by atoms with E-state index in [9.17, 15) is 0 Å².